The van der Waals surface area contributed by atoms with Crippen LogP contribution in [0.1, 0.15) is 34.1 Å². The maximum Gasteiger partial charge on any atom is 0.573 e. The van der Waals surface area contributed by atoms with E-state index in [1.54, 1.807) is 13.8 Å². The highest BCUT2D eigenvalue weighted by Crippen LogP contribution is 2.27. The zero-order valence-corrected chi connectivity index (χ0v) is 14.9. The minimum atomic E-state index is -4.99. The molecule has 0 atom stereocenters. The Morgan fingerprint density at radius 2 is 2.00 bits per heavy atom. The average molecular weight is 397 g/mol. The molecule has 0 fully saturated rings. The quantitative estimate of drug-likeness (QED) is 0.484. The normalized spacial score (nSPS) is 11.6. The van der Waals surface area contributed by atoms with Gasteiger partial charge < -0.3 is 9.47 Å². The van der Waals surface area contributed by atoms with E-state index in [1.165, 1.54) is 23.0 Å². The van der Waals surface area contributed by atoms with E-state index in [2.05, 4.69) is 14.8 Å². The molecule has 0 amide bonds. The van der Waals surface area contributed by atoms with Crippen molar-refractivity contribution < 1.29 is 31.8 Å². The SMILES string of the molecule is CCOC(=O)c1cnn2c(C)c(Cc3ccc(F)c(OC(F)(F)F)c3)cnc12. The van der Waals surface area contributed by atoms with Crippen molar-refractivity contribution in [3.05, 3.63) is 58.8 Å². The third kappa shape index (κ3) is 4.05. The van der Waals surface area contributed by atoms with Gasteiger partial charge in [-0.15, -0.1) is 13.2 Å². The van der Waals surface area contributed by atoms with Crippen molar-refractivity contribution in [3.8, 4) is 5.75 Å². The first-order valence-electron chi connectivity index (χ1n) is 8.23. The number of hydrogen-bond donors (Lipinski definition) is 0. The van der Waals surface area contributed by atoms with E-state index in [0.29, 0.717) is 22.5 Å². The molecule has 1 aromatic carbocycles. The standard InChI is InChI=1S/C18H15F4N3O3/c1-3-27-17(26)13-9-24-25-10(2)12(8-23-16(13)25)6-11-4-5-14(19)15(7-11)28-18(20,21)22/h4-5,7-9H,3,6H2,1-2H3. The van der Waals surface area contributed by atoms with Crippen molar-refractivity contribution in [2.24, 2.45) is 0 Å². The molecule has 0 N–H and O–H groups in total. The second-order valence-electron chi connectivity index (χ2n) is 5.87. The largest absolute Gasteiger partial charge is 0.573 e. The van der Waals surface area contributed by atoms with E-state index >= 15 is 0 Å². The predicted molar refractivity (Wildman–Crippen MR) is 89.6 cm³/mol. The second-order valence-corrected chi connectivity index (χ2v) is 5.87. The summed E-state index contributed by atoms with van der Waals surface area (Å²) in [4.78, 5) is 16.1. The highest BCUT2D eigenvalue weighted by molar-refractivity contribution is 5.95. The van der Waals surface area contributed by atoms with Crippen LogP contribution in [0.25, 0.3) is 5.65 Å². The average Bonchev–Trinajstić information content (AvgIpc) is 3.04. The first kappa shape index (κ1) is 19.6. The lowest BCUT2D eigenvalue weighted by Crippen LogP contribution is -2.18. The molecule has 0 bridgehead atoms. The fraction of sp³-hybridized carbons (Fsp3) is 0.278. The van der Waals surface area contributed by atoms with Crippen LogP contribution in [0.5, 0.6) is 5.75 Å². The van der Waals surface area contributed by atoms with E-state index < -0.39 is 23.9 Å². The van der Waals surface area contributed by atoms with Crippen molar-refractivity contribution in [1.82, 2.24) is 14.6 Å². The van der Waals surface area contributed by atoms with Gasteiger partial charge in [0.05, 0.1) is 12.8 Å². The fourth-order valence-corrected chi connectivity index (χ4v) is 2.69. The molecule has 2 heterocycles. The van der Waals surface area contributed by atoms with Crippen LogP contribution in [0, 0.1) is 12.7 Å². The molecule has 3 rings (SSSR count). The van der Waals surface area contributed by atoms with Crippen LogP contribution in [0.3, 0.4) is 0 Å². The van der Waals surface area contributed by atoms with Crippen LogP contribution in [-0.2, 0) is 11.2 Å². The van der Waals surface area contributed by atoms with Crippen molar-refractivity contribution in [2.45, 2.75) is 26.6 Å². The molecule has 0 unspecified atom stereocenters. The van der Waals surface area contributed by atoms with Crippen LogP contribution in [0.4, 0.5) is 17.6 Å². The number of aryl methyl sites for hydroxylation is 1. The molecule has 3 aromatic rings. The number of nitrogens with zero attached hydrogens (tertiary/aromatic N) is 3. The lowest BCUT2D eigenvalue weighted by atomic mass is 10.0. The first-order valence-corrected chi connectivity index (χ1v) is 8.23. The van der Waals surface area contributed by atoms with E-state index in [9.17, 15) is 22.4 Å². The topological polar surface area (TPSA) is 65.7 Å². The minimum Gasteiger partial charge on any atom is -0.462 e. The number of benzene rings is 1. The highest BCUT2D eigenvalue weighted by atomic mass is 19.4. The van der Waals surface area contributed by atoms with E-state index in [4.69, 9.17) is 4.74 Å². The summed E-state index contributed by atoms with van der Waals surface area (Å²) in [5.41, 5.74) is 2.17. The van der Waals surface area contributed by atoms with Crippen LogP contribution in [-0.4, -0.2) is 33.5 Å². The molecule has 6 nitrogen and oxygen atoms in total. The van der Waals surface area contributed by atoms with E-state index in [-0.39, 0.29) is 18.6 Å². The zero-order chi connectivity index (χ0) is 20.5. The number of hydrogen-bond acceptors (Lipinski definition) is 5. The smallest absolute Gasteiger partial charge is 0.462 e. The summed E-state index contributed by atoms with van der Waals surface area (Å²) in [5.74, 6) is -2.57. The molecule has 2 aromatic heterocycles. The van der Waals surface area contributed by atoms with Crippen LogP contribution in [0.15, 0.2) is 30.6 Å². The van der Waals surface area contributed by atoms with Gasteiger partial charge in [0, 0.05) is 18.3 Å². The van der Waals surface area contributed by atoms with Gasteiger partial charge in [-0.3, -0.25) is 0 Å². The van der Waals surface area contributed by atoms with Gasteiger partial charge in [0.2, 0.25) is 0 Å². The van der Waals surface area contributed by atoms with Crippen molar-refractivity contribution >= 4 is 11.6 Å². The van der Waals surface area contributed by atoms with Gasteiger partial charge in [-0.05, 0) is 37.1 Å². The predicted octanol–water partition coefficient (Wildman–Crippen LogP) is 3.84. The van der Waals surface area contributed by atoms with Gasteiger partial charge >= 0.3 is 12.3 Å². The zero-order valence-electron chi connectivity index (χ0n) is 14.9. The molecular weight excluding hydrogens is 382 g/mol. The molecule has 0 saturated carbocycles. The van der Waals surface area contributed by atoms with Crippen LogP contribution >= 0.6 is 0 Å². The Bertz CT molecular complexity index is 1030. The number of ether oxygens (including phenoxy) is 2. The lowest BCUT2D eigenvalue weighted by Gasteiger charge is -2.12. The van der Waals surface area contributed by atoms with Crippen molar-refractivity contribution in [1.29, 1.82) is 0 Å². The minimum absolute atomic E-state index is 0.165. The third-order valence-corrected chi connectivity index (χ3v) is 3.98. The van der Waals surface area contributed by atoms with Gasteiger partial charge in [-0.25, -0.2) is 18.7 Å². The maximum absolute atomic E-state index is 13.6. The Kier molecular flexibility index (Phi) is 5.21. The van der Waals surface area contributed by atoms with Crippen molar-refractivity contribution in [3.63, 3.8) is 0 Å². The van der Waals surface area contributed by atoms with Crippen LogP contribution < -0.4 is 4.74 Å². The number of esters is 1. The molecule has 28 heavy (non-hydrogen) atoms. The Labute approximate surface area is 156 Å². The summed E-state index contributed by atoms with van der Waals surface area (Å²) in [6.45, 7) is 3.61. The summed E-state index contributed by atoms with van der Waals surface area (Å²) in [6, 6.07) is 3.25. The molecule has 0 aliphatic carbocycles. The first-order chi connectivity index (χ1) is 13.2. The molecule has 10 heteroatoms. The molecule has 0 aliphatic heterocycles. The molecule has 0 saturated heterocycles. The molecule has 0 spiro atoms. The van der Waals surface area contributed by atoms with E-state index in [0.717, 1.165) is 12.1 Å². The third-order valence-electron chi connectivity index (χ3n) is 3.98. The fourth-order valence-electron chi connectivity index (χ4n) is 2.69. The summed E-state index contributed by atoms with van der Waals surface area (Å²) in [5, 5.41) is 4.12. The summed E-state index contributed by atoms with van der Waals surface area (Å²) in [6.07, 6.45) is -2.00. The van der Waals surface area contributed by atoms with Gasteiger partial charge in [0.1, 0.15) is 5.56 Å². The van der Waals surface area contributed by atoms with Gasteiger partial charge in [-0.1, -0.05) is 6.07 Å². The summed E-state index contributed by atoms with van der Waals surface area (Å²) < 4.78 is 60.8. The molecule has 0 radical (unpaired) electrons. The number of carbonyl (C=O) groups is 1. The van der Waals surface area contributed by atoms with Crippen molar-refractivity contribution in [2.75, 3.05) is 6.61 Å². The molecule has 148 valence electrons. The monoisotopic (exact) mass is 397 g/mol. The van der Waals surface area contributed by atoms with E-state index in [1.807, 2.05) is 0 Å². The number of rotatable bonds is 5. The summed E-state index contributed by atoms with van der Waals surface area (Å²) in [7, 11) is 0. The van der Waals surface area contributed by atoms with Gasteiger partial charge in [0.25, 0.3) is 0 Å². The number of alkyl halides is 3. The Balaban J connectivity index is 1.92. The molecular formula is C18H15F4N3O3. The van der Waals surface area contributed by atoms with Gasteiger partial charge in [-0.2, -0.15) is 5.10 Å². The number of fused-ring (bicyclic) bond motifs is 1. The second kappa shape index (κ2) is 7.45. The highest BCUT2D eigenvalue weighted by Gasteiger charge is 2.32. The molecule has 0 aliphatic rings. The Hall–Kier alpha value is -3.17. The summed E-state index contributed by atoms with van der Waals surface area (Å²) >= 11 is 0. The Morgan fingerprint density at radius 1 is 1.25 bits per heavy atom. The number of halogens is 4. The lowest BCUT2D eigenvalue weighted by molar-refractivity contribution is -0.275. The van der Waals surface area contributed by atoms with Gasteiger partial charge in [0.15, 0.2) is 17.2 Å². The number of aromatic nitrogens is 3. The Morgan fingerprint density at radius 3 is 2.68 bits per heavy atom. The maximum atomic E-state index is 13.6. The van der Waals surface area contributed by atoms with Crippen LogP contribution in [0.2, 0.25) is 0 Å². The number of carbonyl (C=O) groups excluding carboxylic acids is 1.